The number of hydrogen-bond donors (Lipinski definition) is 3. The van der Waals surface area contributed by atoms with Gasteiger partial charge in [0.05, 0.1) is 7.11 Å². The summed E-state index contributed by atoms with van der Waals surface area (Å²) >= 11 is 4.93. The second kappa shape index (κ2) is 10.3. The molecule has 0 unspecified atom stereocenters. The van der Waals surface area contributed by atoms with Crippen molar-refractivity contribution in [2.45, 2.75) is 12.8 Å². The number of benzene rings is 1. The number of methoxy groups -OCH3 is 1. The molecule has 0 aliphatic rings. The van der Waals surface area contributed by atoms with Crippen LogP contribution in [0, 0.1) is 5.82 Å². The fourth-order valence-corrected chi connectivity index (χ4v) is 1.60. The molecule has 0 saturated heterocycles. The van der Waals surface area contributed by atoms with Crippen LogP contribution in [0.3, 0.4) is 0 Å². The zero-order valence-corrected chi connectivity index (χ0v) is 13.4. The van der Waals surface area contributed by atoms with Crippen LogP contribution >= 0.6 is 12.2 Å². The second-order valence-corrected chi connectivity index (χ2v) is 4.76. The number of hydrogen-bond acceptors (Lipinski definition) is 5. The Bertz CT molecular complexity index is 557. The summed E-state index contributed by atoms with van der Waals surface area (Å²) in [6.07, 6.45) is 0.824. The van der Waals surface area contributed by atoms with Gasteiger partial charge in [-0.25, -0.2) is 4.39 Å². The SMILES string of the molecule is COC(=O)CCCNC(=S)NNC(=O)COc1cccc(F)c1. The largest absolute Gasteiger partial charge is 0.484 e. The molecule has 0 spiro atoms. The van der Waals surface area contributed by atoms with Crippen molar-refractivity contribution in [1.29, 1.82) is 0 Å². The van der Waals surface area contributed by atoms with Gasteiger partial charge in [0.2, 0.25) is 0 Å². The Morgan fingerprint density at radius 2 is 2.09 bits per heavy atom. The molecule has 0 saturated carbocycles. The van der Waals surface area contributed by atoms with E-state index in [2.05, 4.69) is 20.9 Å². The first-order valence-electron chi connectivity index (χ1n) is 6.79. The first-order valence-corrected chi connectivity index (χ1v) is 7.20. The lowest BCUT2D eigenvalue weighted by Gasteiger charge is -2.11. The molecule has 0 aromatic heterocycles. The van der Waals surface area contributed by atoms with E-state index in [1.54, 1.807) is 0 Å². The van der Waals surface area contributed by atoms with Crippen LogP contribution in [0.4, 0.5) is 4.39 Å². The number of halogens is 1. The standard InChI is InChI=1S/C14H18FN3O4S/c1-21-13(20)6-3-7-16-14(23)18-17-12(19)9-22-11-5-2-4-10(15)8-11/h2,4-5,8H,3,6-7,9H2,1H3,(H,17,19)(H2,16,18,23). The summed E-state index contributed by atoms with van der Waals surface area (Å²) in [6, 6.07) is 5.47. The smallest absolute Gasteiger partial charge is 0.305 e. The number of carbonyl (C=O) groups excluding carboxylic acids is 2. The van der Waals surface area contributed by atoms with Crippen LogP contribution in [0.25, 0.3) is 0 Å². The molecule has 0 aliphatic heterocycles. The Morgan fingerprint density at radius 3 is 2.78 bits per heavy atom. The topological polar surface area (TPSA) is 88.7 Å². The molecule has 9 heteroatoms. The predicted molar refractivity (Wildman–Crippen MR) is 85.0 cm³/mol. The van der Waals surface area contributed by atoms with Crippen molar-refractivity contribution in [2.75, 3.05) is 20.3 Å². The minimum Gasteiger partial charge on any atom is -0.484 e. The van der Waals surface area contributed by atoms with Crippen molar-refractivity contribution in [3.05, 3.63) is 30.1 Å². The molecule has 0 radical (unpaired) electrons. The van der Waals surface area contributed by atoms with Crippen molar-refractivity contribution in [3.63, 3.8) is 0 Å². The Kier molecular flexibility index (Phi) is 8.37. The Labute approximate surface area is 138 Å². The number of thiocarbonyl (C=S) groups is 1. The number of amides is 1. The van der Waals surface area contributed by atoms with Crippen LogP contribution in [0.1, 0.15) is 12.8 Å². The quantitative estimate of drug-likeness (QED) is 0.290. The van der Waals surface area contributed by atoms with Crippen molar-refractivity contribution >= 4 is 29.2 Å². The Morgan fingerprint density at radius 1 is 1.30 bits per heavy atom. The summed E-state index contributed by atoms with van der Waals surface area (Å²) in [5, 5.41) is 3.01. The maximum absolute atomic E-state index is 12.9. The molecule has 1 rings (SSSR count). The maximum atomic E-state index is 12.9. The highest BCUT2D eigenvalue weighted by molar-refractivity contribution is 7.80. The van der Waals surface area contributed by atoms with Crippen LogP contribution in [0.5, 0.6) is 5.75 Å². The van der Waals surface area contributed by atoms with E-state index in [4.69, 9.17) is 17.0 Å². The zero-order valence-electron chi connectivity index (χ0n) is 12.6. The van der Waals surface area contributed by atoms with Crippen LogP contribution in [-0.4, -0.2) is 37.3 Å². The summed E-state index contributed by atoms with van der Waals surface area (Å²) in [5.41, 5.74) is 4.81. The molecule has 0 aliphatic carbocycles. The normalized spacial score (nSPS) is 9.65. The van der Waals surface area contributed by atoms with E-state index in [0.29, 0.717) is 13.0 Å². The first-order chi connectivity index (χ1) is 11.0. The minimum atomic E-state index is -0.479. The summed E-state index contributed by atoms with van der Waals surface area (Å²) in [6.45, 7) is 0.165. The highest BCUT2D eigenvalue weighted by atomic mass is 32.1. The third-order valence-corrected chi connectivity index (χ3v) is 2.80. The van der Waals surface area contributed by atoms with Crippen LogP contribution in [0.15, 0.2) is 24.3 Å². The molecule has 0 heterocycles. The third kappa shape index (κ3) is 8.57. The average Bonchev–Trinajstić information content (AvgIpc) is 2.54. The average molecular weight is 343 g/mol. The molecule has 7 nitrogen and oxygen atoms in total. The molecule has 0 fully saturated rings. The summed E-state index contributed by atoms with van der Waals surface area (Å²) in [7, 11) is 1.32. The van der Waals surface area contributed by atoms with Gasteiger partial charge in [0, 0.05) is 19.0 Å². The minimum absolute atomic E-state index is 0.203. The van der Waals surface area contributed by atoms with E-state index in [1.807, 2.05) is 0 Å². The van der Waals surface area contributed by atoms with E-state index in [9.17, 15) is 14.0 Å². The van der Waals surface area contributed by atoms with E-state index in [-0.39, 0.29) is 29.9 Å². The molecule has 23 heavy (non-hydrogen) atoms. The molecule has 0 atom stereocenters. The fraction of sp³-hybridized carbons (Fsp3) is 0.357. The Hall–Kier alpha value is -2.42. The van der Waals surface area contributed by atoms with Gasteiger partial charge in [0.25, 0.3) is 5.91 Å². The second-order valence-electron chi connectivity index (χ2n) is 4.35. The summed E-state index contributed by atoms with van der Waals surface area (Å²) in [5.74, 6) is -0.969. The molecule has 1 aromatic carbocycles. The maximum Gasteiger partial charge on any atom is 0.305 e. The van der Waals surface area contributed by atoms with Gasteiger partial charge in [-0.1, -0.05) is 6.07 Å². The van der Waals surface area contributed by atoms with Crippen molar-refractivity contribution in [3.8, 4) is 5.75 Å². The number of nitrogens with one attached hydrogen (secondary N) is 3. The lowest BCUT2D eigenvalue weighted by Crippen LogP contribution is -2.48. The number of esters is 1. The van der Waals surface area contributed by atoms with Gasteiger partial charge in [0.1, 0.15) is 11.6 Å². The van der Waals surface area contributed by atoms with Crippen molar-refractivity contribution in [2.24, 2.45) is 0 Å². The highest BCUT2D eigenvalue weighted by Crippen LogP contribution is 2.11. The zero-order chi connectivity index (χ0) is 17.1. The lowest BCUT2D eigenvalue weighted by atomic mass is 10.3. The molecular weight excluding hydrogens is 325 g/mol. The van der Waals surface area contributed by atoms with Gasteiger partial charge < -0.3 is 14.8 Å². The van der Waals surface area contributed by atoms with Crippen LogP contribution in [-0.2, 0) is 14.3 Å². The van der Waals surface area contributed by atoms with Gasteiger partial charge in [-0.15, -0.1) is 0 Å². The number of rotatable bonds is 7. The summed E-state index contributed by atoms with van der Waals surface area (Å²) in [4.78, 5) is 22.4. The van der Waals surface area contributed by atoms with Gasteiger partial charge in [0.15, 0.2) is 11.7 Å². The first kappa shape index (κ1) is 18.6. The molecule has 1 aromatic rings. The number of carbonyl (C=O) groups is 2. The van der Waals surface area contributed by atoms with Gasteiger partial charge in [-0.05, 0) is 30.8 Å². The van der Waals surface area contributed by atoms with Crippen molar-refractivity contribution < 1.29 is 23.5 Å². The molecule has 126 valence electrons. The molecule has 0 bridgehead atoms. The Balaban J connectivity index is 2.13. The van der Waals surface area contributed by atoms with E-state index >= 15 is 0 Å². The highest BCUT2D eigenvalue weighted by Gasteiger charge is 2.04. The molecule has 1 amide bonds. The van der Waals surface area contributed by atoms with E-state index in [0.717, 1.165) is 0 Å². The number of ether oxygens (including phenoxy) is 2. The number of hydrazine groups is 1. The summed E-state index contributed by atoms with van der Waals surface area (Å²) < 4.78 is 22.5. The monoisotopic (exact) mass is 343 g/mol. The molecule has 3 N–H and O–H groups in total. The van der Waals surface area contributed by atoms with E-state index in [1.165, 1.54) is 31.4 Å². The van der Waals surface area contributed by atoms with Crippen LogP contribution in [0.2, 0.25) is 0 Å². The van der Waals surface area contributed by atoms with Crippen molar-refractivity contribution in [1.82, 2.24) is 16.2 Å². The van der Waals surface area contributed by atoms with Gasteiger partial charge in [-0.2, -0.15) is 0 Å². The lowest BCUT2D eigenvalue weighted by molar-refractivity contribution is -0.140. The third-order valence-electron chi connectivity index (χ3n) is 2.55. The molecular formula is C14H18FN3O4S. The van der Waals surface area contributed by atoms with Crippen LogP contribution < -0.4 is 20.9 Å². The van der Waals surface area contributed by atoms with E-state index < -0.39 is 11.7 Å². The predicted octanol–water partition coefficient (Wildman–Crippen LogP) is 0.653. The van der Waals surface area contributed by atoms with Gasteiger partial charge >= 0.3 is 5.97 Å². The fourth-order valence-electron chi connectivity index (χ4n) is 1.45. The van der Waals surface area contributed by atoms with Gasteiger partial charge in [-0.3, -0.25) is 20.4 Å².